The summed E-state index contributed by atoms with van der Waals surface area (Å²) in [4.78, 5) is 26.2. The van der Waals surface area contributed by atoms with Crippen molar-refractivity contribution in [1.29, 1.82) is 0 Å². The molecule has 1 aliphatic carbocycles. The molecule has 5 nitrogen and oxygen atoms in total. The minimum atomic E-state index is -0.323. The Hall–Kier alpha value is -1.10. The number of carbonyl (C=O) groups is 2. The summed E-state index contributed by atoms with van der Waals surface area (Å²) in [6, 6.07) is -0.112. The van der Waals surface area contributed by atoms with Gasteiger partial charge in [0.2, 0.25) is 5.91 Å². The summed E-state index contributed by atoms with van der Waals surface area (Å²) in [7, 11) is 0. The highest BCUT2D eigenvalue weighted by molar-refractivity contribution is 5.95. The van der Waals surface area contributed by atoms with Gasteiger partial charge < -0.3 is 5.32 Å². The summed E-state index contributed by atoms with van der Waals surface area (Å²) in [6.45, 7) is 4.45. The molecule has 2 atom stereocenters. The Morgan fingerprint density at radius 2 is 1.59 bits per heavy atom. The molecule has 1 saturated carbocycles. The first-order valence-electron chi connectivity index (χ1n) is 8.98. The lowest BCUT2D eigenvalue weighted by atomic mass is 9.86. The van der Waals surface area contributed by atoms with Crippen molar-refractivity contribution in [3.05, 3.63) is 0 Å². The van der Waals surface area contributed by atoms with E-state index in [9.17, 15) is 9.59 Å². The maximum atomic E-state index is 12.0. The van der Waals surface area contributed by atoms with Gasteiger partial charge in [0.1, 0.15) is 0 Å². The second-order valence-electron chi connectivity index (χ2n) is 6.93. The summed E-state index contributed by atoms with van der Waals surface area (Å²) in [5.74, 6) is 0.325. The monoisotopic (exact) mass is 309 g/mol. The lowest BCUT2D eigenvalue weighted by Gasteiger charge is -2.29. The zero-order valence-electron chi connectivity index (χ0n) is 13.9. The maximum Gasteiger partial charge on any atom is 0.321 e. The Balaban J connectivity index is 1.69. The van der Waals surface area contributed by atoms with Gasteiger partial charge in [0.25, 0.3) is 0 Å². The lowest BCUT2D eigenvalue weighted by Crippen LogP contribution is -2.50. The van der Waals surface area contributed by atoms with Gasteiger partial charge >= 0.3 is 6.03 Å². The number of hydrogen-bond acceptors (Lipinski definition) is 3. The first-order chi connectivity index (χ1) is 10.6. The molecule has 0 aromatic carbocycles. The summed E-state index contributed by atoms with van der Waals surface area (Å²) >= 11 is 0. The molecule has 0 spiro atoms. The maximum absolute atomic E-state index is 12.0. The van der Waals surface area contributed by atoms with E-state index in [1.165, 1.54) is 25.7 Å². The van der Waals surface area contributed by atoms with Crippen LogP contribution in [0.5, 0.6) is 0 Å². The number of carbonyl (C=O) groups excluding carboxylic acids is 2. The van der Waals surface area contributed by atoms with E-state index in [1.807, 2.05) is 0 Å². The van der Waals surface area contributed by atoms with Crippen LogP contribution in [0.15, 0.2) is 0 Å². The van der Waals surface area contributed by atoms with E-state index in [2.05, 4.69) is 22.5 Å². The summed E-state index contributed by atoms with van der Waals surface area (Å²) in [5.41, 5.74) is 0. The van der Waals surface area contributed by atoms with Crippen molar-refractivity contribution >= 4 is 11.9 Å². The van der Waals surface area contributed by atoms with Crippen molar-refractivity contribution in [2.75, 3.05) is 19.6 Å². The van der Waals surface area contributed by atoms with Gasteiger partial charge in [-0.2, -0.15) is 0 Å². The van der Waals surface area contributed by atoms with Gasteiger partial charge in [0, 0.05) is 6.04 Å². The number of likely N-dealkylation sites (tertiary alicyclic amines) is 1. The normalized spacial score (nSPS) is 27.5. The van der Waals surface area contributed by atoms with Crippen LogP contribution in [0, 0.1) is 5.92 Å². The van der Waals surface area contributed by atoms with Crippen LogP contribution >= 0.6 is 0 Å². The molecule has 5 heteroatoms. The fourth-order valence-corrected chi connectivity index (χ4v) is 3.58. The predicted molar refractivity (Wildman–Crippen MR) is 87.6 cm³/mol. The minimum Gasteiger partial charge on any atom is -0.335 e. The molecular formula is C17H31N3O2. The van der Waals surface area contributed by atoms with Gasteiger partial charge in [0.15, 0.2) is 0 Å². The van der Waals surface area contributed by atoms with Crippen LogP contribution in [0.4, 0.5) is 4.79 Å². The second kappa shape index (κ2) is 9.13. The number of urea groups is 1. The minimum absolute atomic E-state index is 0.179. The molecule has 2 rings (SSSR count). The van der Waals surface area contributed by atoms with Gasteiger partial charge in [-0.3, -0.25) is 15.0 Å². The highest BCUT2D eigenvalue weighted by atomic mass is 16.2. The third-order valence-electron chi connectivity index (χ3n) is 5.00. The van der Waals surface area contributed by atoms with Crippen LogP contribution < -0.4 is 10.6 Å². The molecule has 1 saturated heterocycles. The van der Waals surface area contributed by atoms with E-state index >= 15 is 0 Å². The van der Waals surface area contributed by atoms with E-state index in [0.29, 0.717) is 12.5 Å². The van der Waals surface area contributed by atoms with Crippen LogP contribution in [0.25, 0.3) is 0 Å². The average Bonchev–Trinajstić information content (AvgIpc) is 2.44. The third kappa shape index (κ3) is 5.95. The molecule has 22 heavy (non-hydrogen) atoms. The fraction of sp³-hybridized carbons (Fsp3) is 0.882. The standard InChI is InChI=1S/C17H31N3O2/c1-14-9-5-6-10-15(14)18-17(22)19-16(21)13-20-11-7-3-2-4-8-12-20/h14-15H,2-13H2,1H3,(H2,18,19,21,22)/t14-,15-/m0/s1. The summed E-state index contributed by atoms with van der Waals surface area (Å²) in [6.07, 6.45) is 10.7. The van der Waals surface area contributed by atoms with Crippen molar-refractivity contribution < 1.29 is 9.59 Å². The number of hydrogen-bond donors (Lipinski definition) is 2. The molecule has 1 aliphatic heterocycles. The van der Waals surface area contributed by atoms with E-state index < -0.39 is 0 Å². The number of nitrogens with zero attached hydrogens (tertiary/aromatic N) is 1. The van der Waals surface area contributed by atoms with E-state index in [-0.39, 0.29) is 18.0 Å². The van der Waals surface area contributed by atoms with Crippen LogP contribution in [0.1, 0.15) is 64.7 Å². The van der Waals surface area contributed by atoms with Gasteiger partial charge in [0.05, 0.1) is 6.54 Å². The highest BCUT2D eigenvalue weighted by Crippen LogP contribution is 2.23. The second-order valence-corrected chi connectivity index (χ2v) is 6.93. The van der Waals surface area contributed by atoms with E-state index in [1.54, 1.807) is 0 Å². The molecule has 3 amide bonds. The van der Waals surface area contributed by atoms with Crippen LogP contribution in [-0.2, 0) is 4.79 Å². The van der Waals surface area contributed by atoms with Crippen LogP contribution in [0.2, 0.25) is 0 Å². The Morgan fingerprint density at radius 1 is 0.955 bits per heavy atom. The van der Waals surface area contributed by atoms with Crippen LogP contribution in [-0.4, -0.2) is 42.5 Å². The first-order valence-corrected chi connectivity index (χ1v) is 8.98. The van der Waals surface area contributed by atoms with Gasteiger partial charge in [-0.25, -0.2) is 4.79 Å². The quantitative estimate of drug-likeness (QED) is 0.842. The number of amides is 3. The topological polar surface area (TPSA) is 61.4 Å². The zero-order chi connectivity index (χ0) is 15.8. The molecule has 126 valence electrons. The van der Waals surface area contributed by atoms with Crippen molar-refractivity contribution in [3.63, 3.8) is 0 Å². The van der Waals surface area contributed by atoms with Crippen molar-refractivity contribution in [1.82, 2.24) is 15.5 Å². The average molecular weight is 309 g/mol. The third-order valence-corrected chi connectivity index (χ3v) is 5.00. The molecule has 0 aromatic rings. The molecule has 0 unspecified atom stereocenters. The van der Waals surface area contributed by atoms with E-state index in [4.69, 9.17) is 0 Å². The SMILES string of the molecule is C[C@H]1CCCC[C@@H]1NC(=O)NC(=O)CN1CCCCCCC1. The van der Waals surface area contributed by atoms with Gasteiger partial charge in [-0.15, -0.1) is 0 Å². The smallest absolute Gasteiger partial charge is 0.321 e. The molecular weight excluding hydrogens is 278 g/mol. The number of nitrogens with one attached hydrogen (secondary N) is 2. The van der Waals surface area contributed by atoms with Crippen molar-refractivity contribution in [3.8, 4) is 0 Å². The Morgan fingerprint density at radius 3 is 2.27 bits per heavy atom. The largest absolute Gasteiger partial charge is 0.335 e. The molecule has 0 bridgehead atoms. The molecule has 2 aliphatic rings. The van der Waals surface area contributed by atoms with Crippen molar-refractivity contribution in [2.24, 2.45) is 5.92 Å². The molecule has 2 N–H and O–H groups in total. The predicted octanol–water partition coefficient (Wildman–Crippen LogP) is 2.66. The van der Waals surface area contributed by atoms with E-state index in [0.717, 1.165) is 45.2 Å². The Kier molecular flexibility index (Phi) is 7.16. The van der Waals surface area contributed by atoms with Gasteiger partial charge in [-0.1, -0.05) is 39.0 Å². The Bertz CT molecular complexity index is 365. The summed E-state index contributed by atoms with van der Waals surface area (Å²) in [5, 5.41) is 5.47. The van der Waals surface area contributed by atoms with Gasteiger partial charge in [-0.05, 0) is 44.7 Å². The molecule has 0 aromatic heterocycles. The zero-order valence-corrected chi connectivity index (χ0v) is 13.9. The fourth-order valence-electron chi connectivity index (χ4n) is 3.58. The lowest BCUT2D eigenvalue weighted by molar-refractivity contribution is -0.121. The molecule has 1 heterocycles. The first kappa shape index (κ1) is 17.3. The molecule has 2 fully saturated rings. The molecule has 0 radical (unpaired) electrons. The number of imide groups is 1. The summed E-state index contributed by atoms with van der Waals surface area (Å²) < 4.78 is 0. The Labute approximate surface area is 134 Å². The highest BCUT2D eigenvalue weighted by Gasteiger charge is 2.23. The number of rotatable bonds is 3. The van der Waals surface area contributed by atoms with Crippen LogP contribution in [0.3, 0.4) is 0 Å². The van der Waals surface area contributed by atoms with Crippen molar-refractivity contribution in [2.45, 2.75) is 70.8 Å².